The molecule has 0 saturated carbocycles. The largest absolute Gasteiger partial charge is 0.374 e. The number of hydrogen-bond acceptors (Lipinski definition) is 3. The standard InChI is InChI=1S/C7H15NO2/c1-4-10-5-7(9)6(2)8-3/h6,8H,4-5H2,1-3H3. The molecule has 0 amide bonds. The highest BCUT2D eigenvalue weighted by atomic mass is 16.5. The zero-order valence-corrected chi connectivity index (χ0v) is 6.81. The van der Waals surface area contributed by atoms with Gasteiger partial charge < -0.3 is 10.1 Å². The van der Waals surface area contributed by atoms with Crippen LogP contribution in [0.3, 0.4) is 0 Å². The highest BCUT2D eigenvalue weighted by Gasteiger charge is 2.08. The maximum atomic E-state index is 10.9. The van der Waals surface area contributed by atoms with E-state index in [-0.39, 0.29) is 18.4 Å². The Labute approximate surface area is 61.8 Å². The Bertz CT molecular complexity index is 104. The molecule has 0 rings (SSSR count). The van der Waals surface area contributed by atoms with Crippen molar-refractivity contribution in [3.05, 3.63) is 0 Å². The van der Waals surface area contributed by atoms with E-state index >= 15 is 0 Å². The van der Waals surface area contributed by atoms with Gasteiger partial charge in [-0.2, -0.15) is 0 Å². The number of Topliss-reactive ketones (excluding diaryl/α,β-unsaturated/α-hetero) is 1. The molecule has 0 aromatic carbocycles. The van der Waals surface area contributed by atoms with Crippen LogP contribution >= 0.6 is 0 Å². The summed E-state index contributed by atoms with van der Waals surface area (Å²) < 4.78 is 4.93. The number of hydrogen-bond donors (Lipinski definition) is 1. The van der Waals surface area contributed by atoms with Gasteiger partial charge in [0.05, 0.1) is 6.04 Å². The molecule has 0 heterocycles. The molecule has 0 radical (unpaired) electrons. The summed E-state index contributed by atoms with van der Waals surface area (Å²) in [6, 6.07) is -0.0912. The fourth-order valence-electron chi connectivity index (χ4n) is 0.489. The number of ether oxygens (including phenoxy) is 1. The van der Waals surface area contributed by atoms with Crippen LogP contribution in [0, 0.1) is 0 Å². The SMILES string of the molecule is CCOCC(=O)C(C)NC. The van der Waals surface area contributed by atoms with E-state index in [0.717, 1.165) is 0 Å². The molecule has 0 aliphatic heterocycles. The van der Waals surface area contributed by atoms with E-state index < -0.39 is 0 Å². The molecule has 0 saturated heterocycles. The quantitative estimate of drug-likeness (QED) is 0.600. The van der Waals surface area contributed by atoms with Gasteiger partial charge in [0.15, 0.2) is 5.78 Å². The summed E-state index contributed by atoms with van der Waals surface area (Å²) in [5.74, 6) is 0.101. The highest BCUT2D eigenvalue weighted by Crippen LogP contribution is 1.84. The predicted octanol–water partition coefficient (Wildman–Crippen LogP) is 0.200. The normalized spacial score (nSPS) is 13.1. The van der Waals surface area contributed by atoms with E-state index in [0.29, 0.717) is 6.61 Å². The lowest BCUT2D eigenvalue weighted by Crippen LogP contribution is -2.33. The molecule has 3 heteroatoms. The first kappa shape index (κ1) is 9.59. The van der Waals surface area contributed by atoms with Crippen molar-refractivity contribution in [2.75, 3.05) is 20.3 Å². The number of likely N-dealkylation sites (N-methyl/N-ethyl adjacent to an activating group) is 1. The molecule has 0 spiro atoms. The lowest BCUT2D eigenvalue weighted by molar-refractivity contribution is -0.124. The van der Waals surface area contributed by atoms with Crippen molar-refractivity contribution in [3.63, 3.8) is 0 Å². The second-order valence-corrected chi connectivity index (χ2v) is 2.11. The van der Waals surface area contributed by atoms with Crippen LogP contribution in [0.15, 0.2) is 0 Å². The fourth-order valence-corrected chi connectivity index (χ4v) is 0.489. The minimum Gasteiger partial charge on any atom is -0.374 e. The summed E-state index contributed by atoms with van der Waals surface area (Å²) in [6.07, 6.45) is 0. The average Bonchev–Trinajstić information content (AvgIpc) is 1.98. The number of carbonyl (C=O) groups is 1. The van der Waals surface area contributed by atoms with Gasteiger partial charge in [0.2, 0.25) is 0 Å². The first-order chi connectivity index (χ1) is 4.72. The van der Waals surface area contributed by atoms with Crippen molar-refractivity contribution in [1.82, 2.24) is 5.32 Å². The van der Waals surface area contributed by atoms with Gasteiger partial charge in [-0.25, -0.2) is 0 Å². The molecule has 0 aliphatic rings. The molecule has 3 nitrogen and oxygen atoms in total. The van der Waals surface area contributed by atoms with Crippen LogP contribution in [0.5, 0.6) is 0 Å². The summed E-state index contributed by atoms with van der Waals surface area (Å²) in [7, 11) is 1.76. The van der Waals surface area contributed by atoms with E-state index in [4.69, 9.17) is 4.74 Å². The third-order valence-electron chi connectivity index (χ3n) is 1.36. The Morgan fingerprint density at radius 2 is 2.30 bits per heavy atom. The van der Waals surface area contributed by atoms with Gasteiger partial charge in [0.1, 0.15) is 6.61 Å². The summed E-state index contributed by atoms with van der Waals surface area (Å²) in [5, 5.41) is 2.84. The van der Waals surface area contributed by atoms with Gasteiger partial charge in [0.25, 0.3) is 0 Å². The first-order valence-corrected chi connectivity index (χ1v) is 3.50. The second kappa shape index (κ2) is 5.38. The third kappa shape index (κ3) is 3.58. The minimum absolute atomic E-state index is 0.0912. The molecule has 1 unspecified atom stereocenters. The molecule has 0 bridgehead atoms. The summed E-state index contributed by atoms with van der Waals surface area (Å²) >= 11 is 0. The smallest absolute Gasteiger partial charge is 0.174 e. The molecule has 0 aromatic heterocycles. The Kier molecular flexibility index (Phi) is 5.16. The molecular formula is C7H15NO2. The van der Waals surface area contributed by atoms with E-state index in [1.807, 2.05) is 13.8 Å². The maximum Gasteiger partial charge on any atom is 0.174 e. The maximum absolute atomic E-state index is 10.9. The van der Waals surface area contributed by atoms with Crippen molar-refractivity contribution >= 4 is 5.78 Å². The van der Waals surface area contributed by atoms with Crippen molar-refractivity contribution in [3.8, 4) is 0 Å². The number of nitrogens with one attached hydrogen (secondary N) is 1. The lowest BCUT2D eigenvalue weighted by Gasteiger charge is -2.07. The van der Waals surface area contributed by atoms with Crippen molar-refractivity contribution in [2.45, 2.75) is 19.9 Å². The highest BCUT2D eigenvalue weighted by molar-refractivity contribution is 5.84. The predicted molar refractivity (Wildman–Crippen MR) is 40.0 cm³/mol. The molecule has 0 fully saturated rings. The Morgan fingerprint density at radius 3 is 2.70 bits per heavy atom. The van der Waals surface area contributed by atoms with E-state index in [1.165, 1.54) is 0 Å². The van der Waals surface area contributed by atoms with Gasteiger partial charge in [-0.05, 0) is 20.9 Å². The zero-order valence-electron chi connectivity index (χ0n) is 6.81. The Hall–Kier alpha value is -0.410. The summed E-state index contributed by atoms with van der Waals surface area (Å²) in [4.78, 5) is 10.9. The van der Waals surface area contributed by atoms with Crippen LogP contribution in [0.1, 0.15) is 13.8 Å². The van der Waals surface area contributed by atoms with E-state index in [2.05, 4.69) is 5.32 Å². The number of rotatable bonds is 5. The Morgan fingerprint density at radius 1 is 1.70 bits per heavy atom. The molecule has 60 valence electrons. The Balaban J connectivity index is 3.42. The van der Waals surface area contributed by atoms with Gasteiger partial charge >= 0.3 is 0 Å². The monoisotopic (exact) mass is 145 g/mol. The van der Waals surface area contributed by atoms with Crippen LogP contribution in [0.4, 0.5) is 0 Å². The minimum atomic E-state index is -0.0912. The second-order valence-electron chi connectivity index (χ2n) is 2.11. The molecule has 1 N–H and O–H groups in total. The van der Waals surface area contributed by atoms with E-state index in [9.17, 15) is 4.79 Å². The van der Waals surface area contributed by atoms with Gasteiger partial charge in [-0.3, -0.25) is 4.79 Å². The van der Waals surface area contributed by atoms with E-state index in [1.54, 1.807) is 7.05 Å². The molecule has 10 heavy (non-hydrogen) atoms. The van der Waals surface area contributed by atoms with Gasteiger partial charge in [-0.15, -0.1) is 0 Å². The summed E-state index contributed by atoms with van der Waals surface area (Å²) in [6.45, 7) is 4.51. The molecular weight excluding hydrogens is 130 g/mol. The lowest BCUT2D eigenvalue weighted by atomic mass is 10.2. The van der Waals surface area contributed by atoms with Crippen molar-refractivity contribution in [1.29, 1.82) is 0 Å². The first-order valence-electron chi connectivity index (χ1n) is 3.50. The molecule has 1 atom stereocenters. The van der Waals surface area contributed by atoms with Gasteiger partial charge in [-0.1, -0.05) is 0 Å². The van der Waals surface area contributed by atoms with Crippen LogP contribution in [0.25, 0.3) is 0 Å². The zero-order chi connectivity index (χ0) is 7.98. The van der Waals surface area contributed by atoms with Crippen molar-refractivity contribution in [2.24, 2.45) is 0 Å². The van der Waals surface area contributed by atoms with Crippen LogP contribution < -0.4 is 5.32 Å². The third-order valence-corrected chi connectivity index (χ3v) is 1.36. The van der Waals surface area contributed by atoms with Crippen molar-refractivity contribution < 1.29 is 9.53 Å². The fraction of sp³-hybridized carbons (Fsp3) is 0.857. The topological polar surface area (TPSA) is 38.3 Å². The van der Waals surface area contributed by atoms with Crippen LogP contribution in [-0.2, 0) is 9.53 Å². The summed E-state index contributed by atoms with van der Waals surface area (Å²) in [5.41, 5.74) is 0. The van der Waals surface area contributed by atoms with Gasteiger partial charge in [0, 0.05) is 6.61 Å². The number of ketones is 1. The van der Waals surface area contributed by atoms with Crippen LogP contribution in [-0.4, -0.2) is 32.1 Å². The average molecular weight is 145 g/mol. The van der Waals surface area contributed by atoms with Crippen LogP contribution in [0.2, 0.25) is 0 Å². The molecule has 0 aliphatic carbocycles. The number of carbonyl (C=O) groups excluding carboxylic acids is 1. The molecule has 0 aromatic rings.